The Kier molecular flexibility index (Phi) is 5.69. The van der Waals surface area contributed by atoms with Crippen molar-refractivity contribution in [2.75, 3.05) is 13.2 Å². The van der Waals surface area contributed by atoms with Gasteiger partial charge in [-0.1, -0.05) is 29.8 Å². The largest absolute Gasteiger partial charge is 0.394 e. The third-order valence-corrected chi connectivity index (χ3v) is 3.64. The smallest absolute Gasteiger partial charge is 0.186 e. The summed E-state index contributed by atoms with van der Waals surface area (Å²) in [7, 11) is 0. The van der Waals surface area contributed by atoms with Crippen LogP contribution in [0.25, 0.3) is 0 Å². The lowest BCUT2D eigenvalue weighted by Crippen LogP contribution is -2.59. The van der Waals surface area contributed by atoms with Crippen molar-refractivity contribution in [1.29, 1.82) is 0 Å². The first kappa shape index (κ1) is 16.4. The van der Waals surface area contributed by atoms with Gasteiger partial charge in [0.2, 0.25) is 0 Å². The van der Waals surface area contributed by atoms with Crippen LogP contribution in [0.3, 0.4) is 0 Å². The molecule has 4 N–H and O–H groups in total. The number of rotatable bonds is 5. The molecule has 1 aromatic carbocycles. The van der Waals surface area contributed by atoms with E-state index in [9.17, 15) is 15.3 Å². The molecule has 1 fully saturated rings. The molecule has 0 saturated carbocycles. The van der Waals surface area contributed by atoms with Gasteiger partial charge in [0, 0.05) is 0 Å². The second-order valence-corrected chi connectivity index (χ2v) is 5.30. The zero-order valence-electron chi connectivity index (χ0n) is 11.9. The van der Waals surface area contributed by atoms with Crippen molar-refractivity contribution in [2.45, 2.75) is 44.1 Å². The molecule has 1 aliphatic rings. The molecule has 0 radical (unpaired) electrons. The van der Waals surface area contributed by atoms with Crippen LogP contribution in [0.15, 0.2) is 24.3 Å². The summed E-state index contributed by atoms with van der Waals surface area (Å²) in [6, 6.07) is 7.99. The lowest BCUT2D eigenvalue weighted by molar-refractivity contribution is -0.300. The van der Waals surface area contributed by atoms with E-state index in [0.717, 1.165) is 5.56 Å². The summed E-state index contributed by atoms with van der Waals surface area (Å²) in [5, 5.41) is 38.2. The number of aryl methyl sites for hydroxylation is 1. The zero-order chi connectivity index (χ0) is 15.4. The van der Waals surface area contributed by atoms with Gasteiger partial charge in [0.15, 0.2) is 6.29 Å². The highest BCUT2D eigenvalue weighted by Crippen LogP contribution is 2.22. The molecule has 1 heterocycles. The van der Waals surface area contributed by atoms with Gasteiger partial charge < -0.3 is 29.9 Å². The van der Waals surface area contributed by atoms with Gasteiger partial charge in [-0.3, -0.25) is 0 Å². The normalized spacial score (nSPS) is 33.1. The molecule has 4 unspecified atom stereocenters. The van der Waals surface area contributed by atoms with Gasteiger partial charge in [-0.25, -0.2) is 0 Å². The first-order valence-electron chi connectivity index (χ1n) is 7.00. The van der Waals surface area contributed by atoms with Crippen molar-refractivity contribution in [3.63, 3.8) is 0 Å². The molecular formula is C15H22O6. The minimum Gasteiger partial charge on any atom is -0.394 e. The third-order valence-electron chi connectivity index (χ3n) is 3.64. The summed E-state index contributed by atoms with van der Waals surface area (Å²) in [5.41, 5.74) is 2.26. The van der Waals surface area contributed by atoms with Gasteiger partial charge in [-0.05, 0) is 18.9 Å². The van der Waals surface area contributed by atoms with Crippen molar-refractivity contribution >= 4 is 0 Å². The summed E-state index contributed by atoms with van der Waals surface area (Å²) in [5.74, 6) is 0. The van der Waals surface area contributed by atoms with Crippen molar-refractivity contribution < 1.29 is 29.9 Å². The molecule has 2 rings (SSSR count). The Labute approximate surface area is 123 Å². The predicted molar refractivity (Wildman–Crippen MR) is 74.6 cm³/mol. The van der Waals surface area contributed by atoms with Gasteiger partial charge in [0.1, 0.15) is 24.4 Å². The molecule has 6 heteroatoms. The van der Waals surface area contributed by atoms with Crippen LogP contribution in [-0.4, -0.2) is 64.3 Å². The van der Waals surface area contributed by atoms with E-state index >= 15 is 0 Å². The molecule has 21 heavy (non-hydrogen) atoms. The fourth-order valence-electron chi connectivity index (χ4n) is 2.25. The topological polar surface area (TPSA) is 99.4 Å². The minimum atomic E-state index is -1.40. The number of hydrogen-bond donors (Lipinski definition) is 4. The van der Waals surface area contributed by atoms with E-state index in [2.05, 4.69) is 0 Å². The Morgan fingerprint density at radius 3 is 2.33 bits per heavy atom. The van der Waals surface area contributed by atoms with Crippen LogP contribution < -0.4 is 0 Å². The molecule has 0 aromatic heterocycles. The maximum atomic E-state index is 9.81. The third kappa shape index (κ3) is 4.00. The lowest BCUT2D eigenvalue weighted by Gasteiger charge is -2.39. The number of ether oxygens (including phenoxy) is 2. The van der Waals surface area contributed by atoms with E-state index in [-0.39, 0.29) is 0 Å². The number of aliphatic hydroxyl groups is 4. The molecule has 0 amide bonds. The summed E-state index contributed by atoms with van der Waals surface area (Å²) < 4.78 is 10.7. The summed E-state index contributed by atoms with van der Waals surface area (Å²) in [4.78, 5) is 0. The number of hydrogen-bond acceptors (Lipinski definition) is 6. The van der Waals surface area contributed by atoms with Gasteiger partial charge in [-0.2, -0.15) is 0 Å². The van der Waals surface area contributed by atoms with E-state index in [1.54, 1.807) is 0 Å². The van der Waals surface area contributed by atoms with Crippen LogP contribution in [0, 0.1) is 6.92 Å². The van der Waals surface area contributed by atoms with Crippen LogP contribution in [0.1, 0.15) is 11.1 Å². The van der Waals surface area contributed by atoms with Gasteiger partial charge in [0.25, 0.3) is 0 Å². The Bertz CT molecular complexity index is 432. The van der Waals surface area contributed by atoms with Crippen LogP contribution >= 0.6 is 0 Å². The summed E-state index contributed by atoms with van der Waals surface area (Å²) in [6.07, 6.45) is -5.48. The zero-order valence-corrected chi connectivity index (χ0v) is 11.9. The fourth-order valence-corrected chi connectivity index (χ4v) is 2.25. The molecule has 1 aliphatic heterocycles. The van der Waals surface area contributed by atoms with E-state index in [1.807, 2.05) is 31.2 Å². The first-order chi connectivity index (χ1) is 10.0. The van der Waals surface area contributed by atoms with Crippen molar-refractivity contribution in [1.82, 2.24) is 0 Å². The highest BCUT2D eigenvalue weighted by atomic mass is 16.7. The Morgan fingerprint density at radius 1 is 1.05 bits per heavy atom. The van der Waals surface area contributed by atoms with E-state index in [0.29, 0.717) is 13.0 Å². The monoisotopic (exact) mass is 298 g/mol. The van der Waals surface area contributed by atoms with E-state index in [1.165, 1.54) is 5.56 Å². The Morgan fingerprint density at radius 2 is 1.71 bits per heavy atom. The van der Waals surface area contributed by atoms with Crippen LogP contribution in [0.5, 0.6) is 0 Å². The summed E-state index contributed by atoms with van der Waals surface area (Å²) >= 11 is 0. The quantitative estimate of drug-likeness (QED) is 0.577. The molecule has 0 aliphatic carbocycles. The second kappa shape index (κ2) is 7.31. The Balaban J connectivity index is 1.85. The highest BCUT2D eigenvalue weighted by Gasteiger charge is 2.43. The van der Waals surface area contributed by atoms with Crippen molar-refractivity contribution in [2.24, 2.45) is 0 Å². The molecule has 1 aromatic rings. The van der Waals surface area contributed by atoms with Gasteiger partial charge in [-0.15, -0.1) is 0 Å². The molecule has 5 atom stereocenters. The predicted octanol–water partition coefficient (Wildman–Crippen LogP) is -0.646. The van der Waals surface area contributed by atoms with Crippen LogP contribution in [0.2, 0.25) is 0 Å². The molecule has 0 spiro atoms. The summed E-state index contributed by atoms with van der Waals surface area (Å²) in [6.45, 7) is 1.85. The minimum absolute atomic E-state index is 0.297. The van der Waals surface area contributed by atoms with E-state index in [4.69, 9.17) is 14.6 Å². The number of benzene rings is 1. The standard InChI is InChI=1S/C15H22O6/c1-9-2-4-10(5-3-9)6-7-20-15-14(19)13(18)12(17)11(8-16)21-15/h2-5,11-19H,6-8H2,1H3/t11-,12?,13?,14?,15?/m1/s1. The van der Waals surface area contributed by atoms with Gasteiger partial charge >= 0.3 is 0 Å². The SMILES string of the molecule is Cc1ccc(CCOC2O[C@H](CO)C(O)C(O)C2O)cc1. The average molecular weight is 298 g/mol. The van der Waals surface area contributed by atoms with Crippen LogP contribution in [-0.2, 0) is 15.9 Å². The van der Waals surface area contributed by atoms with E-state index < -0.39 is 37.3 Å². The second-order valence-electron chi connectivity index (χ2n) is 5.30. The first-order valence-corrected chi connectivity index (χ1v) is 7.00. The number of aliphatic hydroxyl groups excluding tert-OH is 4. The highest BCUT2D eigenvalue weighted by molar-refractivity contribution is 5.21. The molecule has 6 nitrogen and oxygen atoms in total. The molecule has 118 valence electrons. The molecule has 0 bridgehead atoms. The maximum absolute atomic E-state index is 9.81. The van der Waals surface area contributed by atoms with Crippen molar-refractivity contribution in [3.05, 3.63) is 35.4 Å². The fraction of sp³-hybridized carbons (Fsp3) is 0.600. The van der Waals surface area contributed by atoms with Crippen molar-refractivity contribution in [3.8, 4) is 0 Å². The lowest BCUT2D eigenvalue weighted by atomic mass is 9.99. The maximum Gasteiger partial charge on any atom is 0.186 e. The molecular weight excluding hydrogens is 276 g/mol. The average Bonchev–Trinajstić information content (AvgIpc) is 2.49. The molecule has 1 saturated heterocycles. The van der Waals surface area contributed by atoms with Gasteiger partial charge in [0.05, 0.1) is 13.2 Å². The Hall–Kier alpha value is -1.02. The van der Waals surface area contributed by atoms with Crippen LogP contribution in [0.4, 0.5) is 0 Å².